The summed E-state index contributed by atoms with van der Waals surface area (Å²) in [6, 6.07) is 61.9. The van der Waals surface area contributed by atoms with E-state index < -0.39 is 0 Å². The maximum atomic E-state index is 3.06. The van der Waals surface area contributed by atoms with Crippen LogP contribution in [-0.4, -0.2) is 6.88 Å². The SMILES string of the molecule is Cc1cc2c(-c3c4ccccc4cc4ccccc34)cccc2[cH-]1.Cc1cc2c(-c3c4ccccc4cc4ccccc34)cccc2[cH-]1.[CH3-].[CH3-].[Si]=[Zr]. The molecule has 2 heteroatoms. The second-order valence-corrected chi connectivity index (χ2v) is 13.1. The minimum absolute atomic E-state index is 0. The fraction of sp³-hybridized carbons (Fsp3) is 0.0400. The Morgan fingerprint density at radius 1 is 0.365 bits per heavy atom. The zero-order valence-electron chi connectivity index (χ0n) is 30.2. The van der Waals surface area contributed by atoms with Crippen molar-refractivity contribution in [3.63, 3.8) is 0 Å². The summed E-state index contributed by atoms with van der Waals surface area (Å²) >= 11 is 1.36. The molecule has 0 aromatic heterocycles. The van der Waals surface area contributed by atoms with E-state index in [-0.39, 0.29) is 14.9 Å². The second-order valence-electron chi connectivity index (χ2n) is 13.1. The van der Waals surface area contributed by atoms with Crippen LogP contribution in [0.2, 0.25) is 0 Å². The molecular weight excluding hydrogens is 720 g/mol. The molecule has 0 N–H and O–H groups in total. The van der Waals surface area contributed by atoms with Crippen molar-refractivity contribution in [2.45, 2.75) is 13.8 Å². The van der Waals surface area contributed by atoms with E-state index in [1.54, 1.807) is 0 Å². The van der Waals surface area contributed by atoms with Gasteiger partial charge in [-0.05, 0) is 66.3 Å². The standard InChI is InChI=1S/2C24H17.2CH3.Si.Zr/c2*1-16-13-17-9-6-12-22(23(17)14-16)24-20-10-4-2-7-18(20)15-19-8-3-5-11-21(19)24;;;;/h2*2-15H,1H3;2*1H3;;/q4*-1;;. The van der Waals surface area contributed by atoms with E-state index in [0.717, 1.165) is 0 Å². The molecule has 10 rings (SSSR count). The zero-order valence-corrected chi connectivity index (χ0v) is 33.6. The predicted octanol–water partition coefficient (Wildman–Crippen LogP) is 14.2. The van der Waals surface area contributed by atoms with Crippen LogP contribution >= 0.6 is 0 Å². The van der Waals surface area contributed by atoms with Gasteiger partial charge in [-0.15, -0.1) is 69.1 Å². The molecule has 2 radical (unpaired) electrons. The van der Waals surface area contributed by atoms with Gasteiger partial charge < -0.3 is 14.9 Å². The molecule has 0 aliphatic rings. The fourth-order valence-corrected chi connectivity index (χ4v) is 7.81. The maximum absolute atomic E-state index is 3.06. The first kappa shape index (κ1) is 36.9. The van der Waals surface area contributed by atoms with Gasteiger partial charge in [-0.2, -0.15) is 12.1 Å². The van der Waals surface area contributed by atoms with Crippen molar-refractivity contribution in [2.75, 3.05) is 0 Å². The summed E-state index contributed by atoms with van der Waals surface area (Å²) in [4.78, 5) is 0. The summed E-state index contributed by atoms with van der Waals surface area (Å²) in [7, 11) is 0. The van der Waals surface area contributed by atoms with Gasteiger partial charge in [0.15, 0.2) is 0 Å². The minimum atomic E-state index is 0. The van der Waals surface area contributed by atoms with Gasteiger partial charge >= 0.3 is 30.2 Å². The summed E-state index contributed by atoms with van der Waals surface area (Å²) in [6.45, 7) is 7.41. The van der Waals surface area contributed by atoms with Crippen LogP contribution in [0.5, 0.6) is 0 Å². The summed E-state index contributed by atoms with van der Waals surface area (Å²) in [5, 5.41) is 15.8. The van der Waals surface area contributed by atoms with E-state index in [1.807, 2.05) is 0 Å². The molecular formula is C50H40SiZr-4. The Kier molecular flexibility index (Phi) is 11.2. The molecule has 10 aromatic rings. The molecule has 252 valence electrons. The van der Waals surface area contributed by atoms with E-state index in [0.29, 0.717) is 0 Å². The quantitative estimate of drug-likeness (QED) is 0.0935. The van der Waals surface area contributed by atoms with E-state index in [4.69, 9.17) is 0 Å². The third kappa shape index (κ3) is 6.63. The van der Waals surface area contributed by atoms with Gasteiger partial charge in [-0.3, -0.25) is 0 Å². The number of aryl methyl sites for hydroxylation is 2. The summed E-state index contributed by atoms with van der Waals surface area (Å²) in [5.41, 5.74) is 7.99. The van der Waals surface area contributed by atoms with E-state index in [9.17, 15) is 0 Å². The zero-order chi connectivity index (χ0) is 34.2. The Hall–Kier alpha value is -4.88. The average molecular weight is 760 g/mol. The van der Waals surface area contributed by atoms with Gasteiger partial charge in [0.1, 0.15) is 0 Å². The van der Waals surface area contributed by atoms with Crippen LogP contribution in [-0.2, 0) is 23.3 Å². The molecule has 0 unspecified atom stereocenters. The first-order valence-corrected chi connectivity index (χ1v) is 21.2. The molecule has 0 nitrogen and oxygen atoms in total. The van der Waals surface area contributed by atoms with E-state index >= 15 is 0 Å². The van der Waals surface area contributed by atoms with Crippen molar-refractivity contribution in [3.05, 3.63) is 196 Å². The molecule has 0 saturated heterocycles. The summed E-state index contributed by atoms with van der Waals surface area (Å²) in [6.07, 6.45) is 0. The number of rotatable bonds is 2. The van der Waals surface area contributed by atoms with Gasteiger partial charge in [-0.1, -0.05) is 134 Å². The van der Waals surface area contributed by atoms with E-state index in [1.165, 1.54) is 121 Å². The molecule has 0 atom stereocenters. The first-order valence-electron chi connectivity index (χ1n) is 17.0. The molecule has 10 aromatic carbocycles. The Morgan fingerprint density at radius 3 is 1.00 bits per heavy atom. The van der Waals surface area contributed by atoms with Crippen molar-refractivity contribution in [3.8, 4) is 22.3 Å². The van der Waals surface area contributed by atoms with Crippen LogP contribution in [0, 0.1) is 28.7 Å². The number of fused-ring (bicyclic) bond motifs is 6. The molecule has 0 saturated carbocycles. The number of benzene rings is 8. The summed E-state index contributed by atoms with van der Waals surface area (Å²) < 4.78 is 0. The number of hydrogen-bond acceptors (Lipinski definition) is 0. The molecule has 0 amide bonds. The summed E-state index contributed by atoms with van der Waals surface area (Å²) in [5.74, 6) is 0. The van der Waals surface area contributed by atoms with Crippen LogP contribution in [0.15, 0.2) is 170 Å². The first-order chi connectivity index (χ1) is 24.6. The third-order valence-electron chi connectivity index (χ3n) is 9.87. The molecule has 0 spiro atoms. The third-order valence-corrected chi connectivity index (χ3v) is 9.87. The Balaban J connectivity index is 0.000000164. The molecule has 0 fully saturated rings. The van der Waals surface area contributed by atoms with Gasteiger partial charge in [0.05, 0.1) is 0 Å². The number of hydrogen-bond donors (Lipinski definition) is 0. The molecule has 0 aliphatic carbocycles. The predicted molar refractivity (Wildman–Crippen MR) is 228 cm³/mol. The van der Waals surface area contributed by atoms with Crippen LogP contribution < -0.4 is 0 Å². The topological polar surface area (TPSA) is 0 Å². The normalized spacial score (nSPS) is 10.7. The monoisotopic (exact) mass is 758 g/mol. The van der Waals surface area contributed by atoms with Crippen LogP contribution in [0.4, 0.5) is 0 Å². The van der Waals surface area contributed by atoms with Crippen molar-refractivity contribution in [2.24, 2.45) is 0 Å². The van der Waals surface area contributed by atoms with Crippen LogP contribution in [0.3, 0.4) is 0 Å². The molecule has 0 heterocycles. The van der Waals surface area contributed by atoms with Crippen LogP contribution in [0.1, 0.15) is 11.1 Å². The van der Waals surface area contributed by atoms with Crippen molar-refractivity contribution in [1.82, 2.24) is 0 Å². The molecule has 52 heavy (non-hydrogen) atoms. The fourth-order valence-electron chi connectivity index (χ4n) is 7.81. The molecule has 0 aliphatic heterocycles. The van der Waals surface area contributed by atoms with Crippen molar-refractivity contribution < 1.29 is 23.3 Å². The Bertz CT molecular complexity index is 2530. The average Bonchev–Trinajstić information content (AvgIpc) is 3.75. The van der Waals surface area contributed by atoms with Crippen molar-refractivity contribution in [1.29, 1.82) is 0 Å². The second kappa shape index (κ2) is 15.8. The van der Waals surface area contributed by atoms with Gasteiger partial charge in [0.2, 0.25) is 0 Å². The van der Waals surface area contributed by atoms with Crippen molar-refractivity contribution >= 4 is 71.5 Å². The Labute approximate surface area is 324 Å². The van der Waals surface area contributed by atoms with Crippen LogP contribution in [0.25, 0.3) is 86.9 Å². The van der Waals surface area contributed by atoms with E-state index in [2.05, 4.69) is 191 Å². The Morgan fingerprint density at radius 2 is 0.673 bits per heavy atom. The van der Waals surface area contributed by atoms with Gasteiger partial charge in [0, 0.05) is 0 Å². The van der Waals surface area contributed by atoms with Gasteiger partial charge in [0.25, 0.3) is 0 Å². The van der Waals surface area contributed by atoms with Gasteiger partial charge in [-0.25, -0.2) is 0 Å². The molecule has 0 bridgehead atoms.